The van der Waals surface area contributed by atoms with Crippen molar-refractivity contribution in [2.24, 2.45) is 0 Å². The zero-order chi connectivity index (χ0) is 23.2. The van der Waals surface area contributed by atoms with Crippen LogP contribution in [-0.2, 0) is 0 Å². The molecule has 2 N–H and O–H groups in total. The molecule has 0 radical (unpaired) electrons. The molecular formula is C26H34F2O2. The summed E-state index contributed by atoms with van der Waals surface area (Å²) in [5.41, 5.74) is 5.37. The van der Waals surface area contributed by atoms with Gasteiger partial charge in [-0.15, -0.1) is 0 Å². The quantitative estimate of drug-likeness (QED) is 0.539. The predicted octanol–water partition coefficient (Wildman–Crippen LogP) is 6.35. The molecule has 4 heteroatoms. The van der Waals surface area contributed by atoms with E-state index in [1.54, 1.807) is 26.0 Å². The number of rotatable bonds is 6. The Morgan fingerprint density at radius 1 is 0.733 bits per heavy atom. The Morgan fingerprint density at radius 3 is 1.23 bits per heavy atom. The molecule has 0 aliphatic rings. The van der Waals surface area contributed by atoms with Crippen molar-refractivity contribution in [1.29, 1.82) is 0 Å². The van der Waals surface area contributed by atoms with Crippen molar-refractivity contribution in [3.63, 3.8) is 0 Å². The maximum Gasteiger partial charge on any atom is 0.123 e. The first kappa shape index (κ1) is 25.7. The minimum absolute atomic E-state index is 0.120. The molecule has 0 fully saturated rings. The van der Waals surface area contributed by atoms with Crippen molar-refractivity contribution in [3.8, 4) is 0 Å². The first-order chi connectivity index (χ1) is 13.9. The lowest BCUT2D eigenvalue weighted by molar-refractivity contribution is 0.174. The maximum absolute atomic E-state index is 12.9. The Hall–Kier alpha value is -2.30. The van der Waals surface area contributed by atoms with Gasteiger partial charge in [0.1, 0.15) is 11.6 Å². The Bertz CT molecular complexity index is 811. The van der Waals surface area contributed by atoms with Crippen LogP contribution < -0.4 is 0 Å². The van der Waals surface area contributed by atoms with Crippen LogP contribution in [0.15, 0.2) is 60.7 Å². The lowest BCUT2D eigenvalue weighted by Gasteiger charge is -2.22. The van der Waals surface area contributed by atoms with Gasteiger partial charge >= 0.3 is 0 Å². The number of benzene rings is 2. The second-order valence-electron chi connectivity index (χ2n) is 8.13. The number of hydrogen-bond donors (Lipinski definition) is 2. The summed E-state index contributed by atoms with van der Waals surface area (Å²) in [5, 5.41) is 19.4. The number of aryl methyl sites for hydroxylation is 2. The van der Waals surface area contributed by atoms with Gasteiger partial charge in [0.25, 0.3) is 0 Å². The third-order valence-electron chi connectivity index (χ3n) is 5.16. The van der Waals surface area contributed by atoms with E-state index >= 15 is 0 Å². The average molecular weight is 417 g/mol. The first-order valence-corrected chi connectivity index (χ1v) is 10.1. The van der Waals surface area contributed by atoms with Gasteiger partial charge in [0.2, 0.25) is 0 Å². The highest BCUT2D eigenvalue weighted by Gasteiger charge is 2.20. The van der Waals surface area contributed by atoms with Crippen molar-refractivity contribution in [3.05, 3.63) is 94.6 Å². The van der Waals surface area contributed by atoms with E-state index in [0.717, 1.165) is 33.4 Å². The average Bonchev–Trinajstić information content (AvgIpc) is 2.59. The van der Waals surface area contributed by atoms with Crippen molar-refractivity contribution >= 4 is 0 Å². The van der Waals surface area contributed by atoms with E-state index in [-0.39, 0.29) is 23.5 Å². The molecule has 0 aromatic heterocycles. The molecule has 164 valence electrons. The second-order valence-corrected chi connectivity index (χ2v) is 8.13. The monoisotopic (exact) mass is 416 g/mol. The maximum atomic E-state index is 12.9. The number of aliphatic hydroxyl groups is 2. The highest BCUT2D eigenvalue weighted by Crippen LogP contribution is 2.30. The molecule has 0 spiro atoms. The fraction of sp³-hybridized carbons (Fsp3) is 0.385. The summed E-state index contributed by atoms with van der Waals surface area (Å²) in [7, 11) is 0. The predicted molar refractivity (Wildman–Crippen MR) is 121 cm³/mol. The van der Waals surface area contributed by atoms with E-state index in [0.29, 0.717) is 0 Å². The molecular weight excluding hydrogens is 382 g/mol. The Morgan fingerprint density at radius 2 is 1.03 bits per heavy atom. The highest BCUT2D eigenvalue weighted by molar-refractivity contribution is 5.36. The van der Waals surface area contributed by atoms with E-state index in [4.69, 9.17) is 0 Å². The van der Waals surface area contributed by atoms with Crippen molar-refractivity contribution < 1.29 is 19.0 Å². The third-order valence-corrected chi connectivity index (χ3v) is 5.16. The fourth-order valence-electron chi connectivity index (χ4n) is 3.85. The standard InChI is InChI=1S/2C13H17FO/c2*1-8(2)13(10(4)15)12-6-5-11(14)7-9(12)3/h2*5-7,10,13,15H,1H2,2-4H3/t2*10-,13-/m11/s1. The smallest absolute Gasteiger partial charge is 0.123 e. The minimum atomic E-state index is -0.508. The van der Waals surface area contributed by atoms with Crippen molar-refractivity contribution in [1.82, 2.24) is 0 Å². The Labute approximate surface area is 179 Å². The summed E-state index contributed by atoms with van der Waals surface area (Å²) in [4.78, 5) is 0. The van der Waals surface area contributed by atoms with E-state index in [1.165, 1.54) is 24.3 Å². The molecule has 0 amide bonds. The van der Waals surface area contributed by atoms with Gasteiger partial charge in [-0.3, -0.25) is 0 Å². The molecule has 2 nitrogen and oxygen atoms in total. The molecule has 0 saturated heterocycles. The molecule has 2 rings (SSSR count). The van der Waals surface area contributed by atoms with Gasteiger partial charge in [-0.1, -0.05) is 36.4 Å². The molecule has 0 aliphatic heterocycles. The van der Waals surface area contributed by atoms with Gasteiger partial charge in [-0.2, -0.15) is 0 Å². The Balaban J connectivity index is 0.000000300. The van der Waals surface area contributed by atoms with E-state index in [9.17, 15) is 19.0 Å². The van der Waals surface area contributed by atoms with Crippen LogP contribution in [0, 0.1) is 25.5 Å². The minimum Gasteiger partial charge on any atom is -0.392 e. The van der Waals surface area contributed by atoms with Gasteiger partial charge in [0.05, 0.1) is 12.2 Å². The second kappa shape index (κ2) is 11.2. The molecule has 0 heterocycles. The third kappa shape index (κ3) is 6.89. The molecule has 0 aliphatic carbocycles. The topological polar surface area (TPSA) is 40.5 Å². The van der Waals surface area contributed by atoms with Gasteiger partial charge in [-0.25, -0.2) is 8.78 Å². The lowest BCUT2D eigenvalue weighted by atomic mass is 9.86. The van der Waals surface area contributed by atoms with Crippen LogP contribution in [0.1, 0.15) is 61.8 Å². The van der Waals surface area contributed by atoms with Gasteiger partial charge in [-0.05, 0) is 88.1 Å². The van der Waals surface area contributed by atoms with E-state index in [1.807, 2.05) is 27.7 Å². The number of halogens is 2. The van der Waals surface area contributed by atoms with Crippen LogP contribution in [0.5, 0.6) is 0 Å². The summed E-state index contributed by atoms with van der Waals surface area (Å²) in [6.07, 6.45) is -1.02. The lowest BCUT2D eigenvalue weighted by Crippen LogP contribution is -2.16. The first-order valence-electron chi connectivity index (χ1n) is 10.1. The van der Waals surface area contributed by atoms with Crippen LogP contribution in [0.4, 0.5) is 8.78 Å². The summed E-state index contributed by atoms with van der Waals surface area (Å²) >= 11 is 0. The normalized spacial score (nSPS) is 14.7. The SMILES string of the molecule is C=C(C)[C@@H](c1ccc(F)cc1C)[C@@H](C)O.C=C(C)[C@@H](c1ccc(F)cc1C)[C@@H](C)O. The fourth-order valence-corrected chi connectivity index (χ4v) is 3.85. The van der Waals surface area contributed by atoms with Crippen LogP contribution >= 0.6 is 0 Å². The van der Waals surface area contributed by atoms with Crippen LogP contribution in [0.25, 0.3) is 0 Å². The van der Waals surface area contributed by atoms with E-state index < -0.39 is 12.2 Å². The largest absolute Gasteiger partial charge is 0.392 e. The zero-order valence-corrected chi connectivity index (χ0v) is 18.8. The van der Waals surface area contributed by atoms with E-state index in [2.05, 4.69) is 13.2 Å². The molecule has 0 unspecified atom stereocenters. The summed E-state index contributed by atoms with van der Waals surface area (Å²) in [6.45, 7) is 18.6. The number of hydrogen-bond acceptors (Lipinski definition) is 2. The zero-order valence-electron chi connectivity index (χ0n) is 18.8. The van der Waals surface area contributed by atoms with Crippen molar-refractivity contribution in [2.75, 3.05) is 0 Å². The summed E-state index contributed by atoms with van der Waals surface area (Å²) in [6, 6.07) is 9.23. The van der Waals surface area contributed by atoms with Crippen LogP contribution in [-0.4, -0.2) is 22.4 Å². The molecule has 30 heavy (non-hydrogen) atoms. The Kier molecular flexibility index (Phi) is 9.60. The van der Waals surface area contributed by atoms with Gasteiger partial charge in [0, 0.05) is 11.8 Å². The summed E-state index contributed by atoms with van der Waals surface area (Å²) < 4.78 is 25.9. The highest BCUT2D eigenvalue weighted by atomic mass is 19.1. The van der Waals surface area contributed by atoms with Gasteiger partial charge in [0.15, 0.2) is 0 Å². The summed E-state index contributed by atoms with van der Waals surface area (Å²) in [5.74, 6) is -0.735. The molecule has 2 aromatic rings. The molecule has 2 aromatic carbocycles. The van der Waals surface area contributed by atoms with Crippen LogP contribution in [0.2, 0.25) is 0 Å². The van der Waals surface area contributed by atoms with Crippen molar-refractivity contribution in [2.45, 2.75) is 65.6 Å². The molecule has 0 saturated carbocycles. The van der Waals surface area contributed by atoms with Gasteiger partial charge < -0.3 is 10.2 Å². The van der Waals surface area contributed by atoms with Crippen LogP contribution in [0.3, 0.4) is 0 Å². The molecule has 4 atom stereocenters. The molecule has 0 bridgehead atoms. The number of aliphatic hydroxyl groups excluding tert-OH is 2.